The summed E-state index contributed by atoms with van der Waals surface area (Å²) in [5.41, 5.74) is 2.22. The number of methoxy groups -OCH3 is 1. The molecular weight excluding hydrogens is 328 g/mol. The number of carbonyl (C=O) groups excluding carboxylic acids is 1. The van der Waals surface area contributed by atoms with Crippen LogP contribution in [0.5, 0.6) is 5.75 Å². The van der Waals surface area contributed by atoms with Crippen LogP contribution in [0.25, 0.3) is 10.9 Å². The molecule has 0 N–H and O–H groups in total. The lowest BCUT2D eigenvalue weighted by molar-refractivity contribution is 0.0528. The van der Waals surface area contributed by atoms with Crippen LogP contribution >= 0.6 is 11.6 Å². The fourth-order valence-electron chi connectivity index (χ4n) is 2.61. The number of nitrogens with zero attached hydrogens (tertiary/aromatic N) is 2. The Morgan fingerprint density at radius 3 is 2.67 bits per heavy atom. The second-order valence-electron chi connectivity index (χ2n) is 5.24. The largest absolute Gasteiger partial charge is 0.497 e. The molecule has 24 heavy (non-hydrogen) atoms. The standard InChI is InChI=1S/C18H17ClN2O3/c1-3-24-18(22)15-10-20-17(19)14-8-9-21(16(14)15)11-12-4-6-13(23-2)7-5-12/h4-10H,3,11H2,1-2H3. The van der Waals surface area contributed by atoms with E-state index in [2.05, 4.69) is 4.98 Å². The first-order valence-electron chi connectivity index (χ1n) is 7.57. The summed E-state index contributed by atoms with van der Waals surface area (Å²) in [6.07, 6.45) is 3.36. The lowest BCUT2D eigenvalue weighted by atomic mass is 10.2. The molecule has 0 aliphatic rings. The highest BCUT2D eigenvalue weighted by Gasteiger charge is 2.17. The Hall–Kier alpha value is -2.53. The average Bonchev–Trinajstić information content (AvgIpc) is 3.01. The third-order valence-electron chi connectivity index (χ3n) is 3.76. The molecule has 2 heterocycles. The number of benzene rings is 1. The summed E-state index contributed by atoms with van der Waals surface area (Å²) in [7, 11) is 1.63. The second-order valence-corrected chi connectivity index (χ2v) is 5.60. The van der Waals surface area contributed by atoms with Crippen LogP contribution in [-0.4, -0.2) is 29.2 Å². The van der Waals surface area contributed by atoms with Crippen molar-refractivity contribution in [3.8, 4) is 5.75 Å². The van der Waals surface area contributed by atoms with Gasteiger partial charge in [-0.2, -0.15) is 0 Å². The molecule has 2 aromatic heterocycles. The second kappa shape index (κ2) is 6.93. The zero-order valence-corrected chi connectivity index (χ0v) is 14.2. The predicted molar refractivity (Wildman–Crippen MR) is 92.8 cm³/mol. The molecular formula is C18H17ClN2O3. The number of rotatable bonds is 5. The van der Waals surface area contributed by atoms with Crippen molar-refractivity contribution in [2.24, 2.45) is 0 Å². The minimum Gasteiger partial charge on any atom is -0.497 e. The first-order valence-corrected chi connectivity index (χ1v) is 7.95. The Labute approximate surface area is 144 Å². The maximum Gasteiger partial charge on any atom is 0.341 e. The van der Waals surface area contributed by atoms with Crippen molar-refractivity contribution >= 4 is 28.5 Å². The number of pyridine rings is 1. The summed E-state index contributed by atoms with van der Waals surface area (Å²) in [5.74, 6) is 0.400. The zero-order valence-electron chi connectivity index (χ0n) is 13.5. The van der Waals surface area contributed by atoms with Crippen LogP contribution in [0.3, 0.4) is 0 Å². The topological polar surface area (TPSA) is 53.3 Å². The molecule has 0 aliphatic heterocycles. The van der Waals surface area contributed by atoms with Crippen molar-refractivity contribution in [2.75, 3.05) is 13.7 Å². The molecule has 0 aliphatic carbocycles. The molecule has 3 rings (SSSR count). The van der Waals surface area contributed by atoms with Gasteiger partial charge in [0, 0.05) is 24.3 Å². The summed E-state index contributed by atoms with van der Waals surface area (Å²) in [4.78, 5) is 16.3. The molecule has 0 unspecified atom stereocenters. The number of halogens is 1. The van der Waals surface area contributed by atoms with Gasteiger partial charge in [0.1, 0.15) is 16.5 Å². The van der Waals surface area contributed by atoms with Gasteiger partial charge >= 0.3 is 5.97 Å². The number of esters is 1. The van der Waals surface area contributed by atoms with E-state index in [0.717, 1.165) is 22.2 Å². The number of carbonyl (C=O) groups is 1. The van der Waals surface area contributed by atoms with Crippen molar-refractivity contribution in [3.63, 3.8) is 0 Å². The zero-order chi connectivity index (χ0) is 17.1. The van der Waals surface area contributed by atoms with Gasteiger partial charge in [-0.1, -0.05) is 23.7 Å². The first kappa shape index (κ1) is 16.3. The van der Waals surface area contributed by atoms with E-state index >= 15 is 0 Å². The summed E-state index contributed by atoms with van der Waals surface area (Å²) in [5, 5.41) is 1.10. The summed E-state index contributed by atoms with van der Waals surface area (Å²) in [6, 6.07) is 9.63. The van der Waals surface area contributed by atoms with Gasteiger partial charge in [0.25, 0.3) is 0 Å². The van der Waals surface area contributed by atoms with Crippen molar-refractivity contribution in [1.29, 1.82) is 0 Å². The molecule has 5 nitrogen and oxygen atoms in total. The van der Waals surface area contributed by atoms with Gasteiger partial charge in [-0.25, -0.2) is 9.78 Å². The molecule has 0 saturated heterocycles. The Bertz CT molecular complexity index is 872. The van der Waals surface area contributed by atoms with Crippen molar-refractivity contribution in [1.82, 2.24) is 9.55 Å². The van der Waals surface area contributed by atoms with Crippen LogP contribution < -0.4 is 4.74 Å². The van der Waals surface area contributed by atoms with Crippen LogP contribution in [0.2, 0.25) is 5.15 Å². The maximum atomic E-state index is 12.2. The first-order chi connectivity index (χ1) is 11.6. The van der Waals surface area contributed by atoms with Crippen LogP contribution in [-0.2, 0) is 11.3 Å². The molecule has 3 aromatic rings. The molecule has 0 atom stereocenters. The Morgan fingerprint density at radius 1 is 1.25 bits per heavy atom. The maximum absolute atomic E-state index is 12.2. The lowest BCUT2D eigenvalue weighted by Gasteiger charge is -2.10. The minimum atomic E-state index is -0.402. The SMILES string of the molecule is CCOC(=O)c1cnc(Cl)c2ccn(Cc3ccc(OC)cc3)c12. The Morgan fingerprint density at radius 2 is 2.00 bits per heavy atom. The van der Waals surface area contributed by atoms with Gasteiger partial charge in [0.05, 0.1) is 19.2 Å². The van der Waals surface area contributed by atoms with E-state index in [0.29, 0.717) is 23.9 Å². The molecule has 0 spiro atoms. The van der Waals surface area contributed by atoms with Crippen molar-refractivity contribution in [3.05, 3.63) is 59.0 Å². The Kier molecular flexibility index (Phi) is 4.71. The van der Waals surface area contributed by atoms with Crippen LogP contribution in [0.1, 0.15) is 22.8 Å². The molecule has 0 fully saturated rings. The molecule has 0 saturated carbocycles. The molecule has 0 radical (unpaired) electrons. The fourth-order valence-corrected chi connectivity index (χ4v) is 2.81. The summed E-state index contributed by atoms with van der Waals surface area (Å²) in [6.45, 7) is 2.68. The fraction of sp³-hybridized carbons (Fsp3) is 0.222. The minimum absolute atomic E-state index is 0.308. The van der Waals surface area contributed by atoms with Gasteiger partial charge in [-0.3, -0.25) is 0 Å². The monoisotopic (exact) mass is 344 g/mol. The molecule has 0 amide bonds. The van der Waals surface area contributed by atoms with Crippen molar-refractivity contribution < 1.29 is 14.3 Å². The van der Waals surface area contributed by atoms with Crippen LogP contribution in [0.4, 0.5) is 0 Å². The van der Waals surface area contributed by atoms with Crippen LogP contribution in [0, 0.1) is 0 Å². The molecule has 124 valence electrons. The van der Waals surface area contributed by atoms with Gasteiger partial charge in [-0.05, 0) is 30.7 Å². The van der Waals surface area contributed by atoms with E-state index in [9.17, 15) is 4.79 Å². The highest BCUT2D eigenvalue weighted by molar-refractivity contribution is 6.34. The predicted octanol–water partition coefficient (Wildman–Crippen LogP) is 3.92. The average molecular weight is 345 g/mol. The van der Waals surface area contributed by atoms with E-state index in [1.165, 1.54) is 6.20 Å². The van der Waals surface area contributed by atoms with E-state index in [4.69, 9.17) is 21.1 Å². The molecule has 1 aromatic carbocycles. The van der Waals surface area contributed by atoms with E-state index < -0.39 is 5.97 Å². The van der Waals surface area contributed by atoms with Gasteiger partial charge in [-0.15, -0.1) is 0 Å². The highest BCUT2D eigenvalue weighted by Crippen LogP contribution is 2.27. The third-order valence-corrected chi connectivity index (χ3v) is 4.06. The lowest BCUT2D eigenvalue weighted by Crippen LogP contribution is -2.09. The highest BCUT2D eigenvalue weighted by atomic mass is 35.5. The number of fused-ring (bicyclic) bond motifs is 1. The van der Waals surface area contributed by atoms with E-state index in [-0.39, 0.29) is 0 Å². The Balaban J connectivity index is 2.04. The normalized spacial score (nSPS) is 10.8. The van der Waals surface area contributed by atoms with Gasteiger partial charge in [0.2, 0.25) is 0 Å². The number of hydrogen-bond donors (Lipinski definition) is 0. The van der Waals surface area contributed by atoms with Gasteiger partial charge < -0.3 is 14.0 Å². The summed E-state index contributed by atoms with van der Waals surface area (Å²) >= 11 is 6.17. The third kappa shape index (κ3) is 3.08. The summed E-state index contributed by atoms with van der Waals surface area (Å²) < 4.78 is 12.3. The van der Waals surface area contributed by atoms with E-state index in [1.54, 1.807) is 14.0 Å². The van der Waals surface area contributed by atoms with E-state index in [1.807, 2.05) is 41.1 Å². The van der Waals surface area contributed by atoms with Gasteiger partial charge in [0.15, 0.2) is 0 Å². The van der Waals surface area contributed by atoms with Crippen LogP contribution in [0.15, 0.2) is 42.7 Å². The smallest absolute Gasteiger partial charge is 0.341 e. The van der Waals surface area contributed by atoms with Crippen molar-refractivity contribution in [2.45, 2.75) is 13.5 Å². The molecule has 0 bridgehead atoms. The quantitative estimate of drug-likeness (QED) is 0.520. The molecule has 6 heteroatoms. The number of aromatic nitrogens is 2. The number of ether oxygens (including phenoxy) is 2. The number of hydrogen-bond acceptors (Lipinski definition) is 4.